The van der Waals surface area contributed by atoms with E-state index in [0.29, 0.717) is 6.54 Å². The molecule has 0 spiro atoms. The zero-order valence-electron chi connectivity index (χ0n) is 12.0. The van der Waals surface area contributed by atoms with E-state index in [4.69, 9.17) is 11.6 Å². The van der Waals surface area contributed by atoms with Gasteiger partial charge < -0.3 is 5.32 Å². The standard InChI is InChI=1S/C15H16ClN5/c1-3-21-14-13(10(2)20-21)18-9-19-15(14)17-8-11-4-6-12(16)7-5-11/h4-7,9H,3,8H2,1-2H3,(H,17,18,19). The molecule has 21 heavy (non-hydrogen) atoms. The maximum absolute atomic E-state index is 5.90. The van der Waals surface area contributed by atoms with Gasteiger partial charge in [0.25, 0.3) is 0 Å². The van der Waals surface area contributed by atoms with E-state index in [1.807, 2.05) is 35.9 Å². The van der Waals surface area contributed by atoms with E-state index >= 15 is 0 Å². The summed E-state index contributed by atoms with van der Waals surface area (Å²) in [7, 11) is 0. The first-order valence-corrected chi connectivity index (χ1v) is 7.23. The Balaban J connectivity index is 1.91. The summed E-state index contributed by atoms with van der Waals surface area (Å²) >= 11 is 5.90. The molecule has 0 saturated carbocycles. The van der Waals surface area contributed by atoms with Crippen LogP contribution in [0.1, 0.15) is 18.2 Å². The lowest BCUT2D eigenvalue weighted by atomic mass is 10.2. The first-order valence-electron chi connectivity index (χ1n) is 6.85. The average molecular weight is 302 g/mol. The molecule has 0 bridgehead atoms. The largest absolute Gasteiger partial charge is 0.364 e. The molecule has 0 saturated heterocycles. The third-order valence-electron chi connectivity index (χ3n) is 3.37. The van der Waals surface area contributed by atoms with Crippen molar-refractivity contribution in [3.05, 3.63) is 46.9 Å². The fraction of sp³-hybridized carbons (Fsp3) is 0.267. The highest BCUT2D eigenvalue weighted by atomic mass is 35.5. The van der Waals surface area contributed by atoms with E-state index in [1.165, 1.54) is 0 Å². The molecule has 0 amide bonds. The van der Waals surface area contributed by atoms with Gasteiger partial charge in [-0.05, 0) is 31.5 Å². The van der Waals surface area contributed by atoms with Gasteiger partial charge in [-0.3, -0.25) is 4.68 Å². The Morgan fingerprint density at radius 3 is 2.67 bits per heavy atom. The second-order valence-corrected chi connectivity index (χ2v) is 5.24. The van der Waals surface area contributed by atoms with E-state index in [1.54, 1.807) is 6.33 Å². The van der Waals surface area contributed by atoms with Crippen LogP contribution in [0.5, 0.6) is 0 Å². The van der Waals surface area contributed by atoms with Gasteiger partial charge in [-0.15, -0.1) is 0 Å². The number of rotatable bonds is 4. The predicted octanol–water partition coefficient (Wildman–Crippen LogP) is 3.42. The van der Waals surface area contributed by atoms with Gasteiger partial charge >= 0.3 is 0 Å². The quantitative estimate of drug-likeness (QED) is 0.802. The van der Waals surface area contributed by atoms with Crippen molar-refractivity contribution in [1.29, 1.82) is 0 Å². The number of benzene rings is 1. The van der Waals surface area contributed by atoms with Crippen molar-refractivity contribution in [1.82, 2.24) is 19.7 Å². The lowest BCUT2D eigenvalue weighted by Crippen LogP contribution is -2.05. The molecule has 0 unspecified atom stereocenters. The molecule has 0 atom stereocenters. The zero-order valence-corrected chi connectivity index (χ0v) is 12.7. The molecule has 3 rings (SSSR count). The fourth-order valence-corrected chi connectivity index (χ4v) is 2.44. The lowest BCUT2D eigenvalue weighted by molar-refractivity contribution is 0.675. The van der Waals surface area contributed by atoms with Crippen LogP contribution in [0.25, 0.3) is 11.0 Å². The van der Waals surface area contributed by atoms with Crippen LogP contribution in [0, 0.1) is 6.92 Å². The van der Waals surface area contributed by atoms with Gasteiger partial charge in [0.05, 0.1) is 5.69 Å². The number of hydrogen-bond acceptors (Lipinski definition) is 4. The summed E-state index contributed by atoms with van der Waals surface area (Å²) < 4.78 is 1.93. The fourth-order valence-electron chi connectivity index (χ4n) is 2.31. The number of fused-ring (bicyclic) bond motifs is 1. The van der Waals surface area contributed by atoms with Crippen molar-refractivity contribution in [3.8, 4) is 0 Å². The van der Waals surface area contributed by atoms with Crippen LogP contribution in [0.4, 0.5) is 5.82 Å². The van der Waals surface area contributed by atoms with Gasteiger partial charge in [0.15, 0.2) is 5.82 Å². The summed E-state index contributed by atoms with van der Waals surface area (Å²) in [5.74, 6) is 0.803. The monoisotopic (exact) mass is 301 g/mol. The third-order valence-corrected chi connectivity index (χ3v) is 3.62. The van der Waals surface area contributed by atoms with Crippen molar-refractivity contribution in [2.75, 3.05) is 5.32 Å². The highest BCUT2D eigenvalue weighted by Crippen LogP contribution is 2.22. The first-order chi connectivity index (χ1) is 10.2. The summed E-state index contributed by atoms with van der Waals surface area (Å²) in [4.78, 5) is 8.68. The smallest absolute Gasteiger partial charge is 0.155 e. The normalized spacial score (nSPS) is 11.0. The highest BCUT2D eigenvalue weighted by molar-refractivity contribution is 6.30. The molecule has 1 N–H and O–H groups in total. The minimum atomic E-state index is 0.678. The van der Waals surface area contributed by atoms with E-state index in [0.717, 1.165) is 39.7 Å². The molecule has 0 fully saturated rings. The van der Waals surface area contributed by atoms with Crippen molar-refractivity contribution < 1.29 is 0 Å². The van der Waals surface area contributed by atoms with Crippen LogP contribution in [-0.2, 0) is 13.1 Å². The van der Waals surface area contributed by atoms with Gasteiger partial charge in [0.1, 0.15) is 17.4 Å². The number of anilines is 1. The van der Waals surface area contributed by atoms with Gasteiger partial charge in [0.2, 0.25) is 0 Å². The maximum Gasteiger partial charge on any atom is 0.155 e. The summed E-state index contributed by atoms with van der Waals surface area (Å²) in [5, 5.41) is 8.59. The van der Waals surface area contributed by atoms with E-state index in [9.17, 15) is 0 Å². The minimum Gasteiger partial charge on any atom is -0.364 e. The Bertz CT molecular complexity index is 764. The Morgan fingerprint density at radius 2 is 1.95 bits per heavy atom. The van der Waals surface area contributed by atoms with Crippen molar-refractivity contribution in [2.45, 2.75) is 26.9 Å². The minimum absolute atomic E-state index is 0.678. The average Bonchev–Trinajstić information content (AvgIpc) is 2.84. The molecule has 1 aromatic carbocycles. The molecule has 108 valence electrons. The van der Waals surface area contributed by atoms with Crippen LogP contribution >= 0.6 is 11.6 Å². The third kappa shape index (κ3) is 2.69. The van der Waals surface area contributed by atoms with E-state index < -0.39 is 0 Å². The molecular formula is C15H16ClN5. The summed E-state index contributed by atoms with van der Waals surface area (Å²) in [6.45, 7) is 5.48. The second-order valence-electron chi connectivity index (χ2n) is 4.80. The molecule has 3 aromatic rings. The number of nitrogens with one attached hydrogen (secondary N) is 1. The van der Waals surface area contributed by atoms with E-state index in [-0.39, 0.29) is 0 Å². The van der Waals surface area contributed by atoms with Crippen molar-refractivity contribution in [2.24, 2.45) is 0 Å². The van der Waals surface area contributed by atoms with Gasteiger partial charge in [-0.2, -0.15) is 5.10 Å². The molecule has 5 nitrogen and oxygen atoms in total. The summed E-state index contributed by atoms with van der Waals surface area (Å²) in [6.07, 6.45) is 1.57. The summed E-state index contributed by atoms with van der Waals surface area (Å²) in [6, 6.07) is 7.76. The van der Waals surface area contributed by atoms with Crippen LogP contribution in [-0.4, -0.2) is 19.7 Å². The Hall–Kier alpha value is -2.14. The number of halogens is 1. The van der Waals surface area contributed by atoms with Gasteiger partial charge in [0, 0.05) is 18.1 Å². The number of aryl methyl sites for hydroxylation is 2. The van der Waals surface area contributed by atoms with Crippen LogP contribution in [0.3, 0.4) is 0 Å². The Kier molecular flexibility index (Phi) is 3.75. The molecule has 6 heteroatoms. The summed E-state index contributed by atoms with van der Waals surface area (Å²) in [5.41, 5.74) is 3.91. The highest BCUT2D eigenvalue weighted by Gasteiger charge is 2.12. The van der Waals surface area contributed by atoms with Crippen LogP contribution in [0.2, 0.25) is 5.02 Å². The molecule has 0 aliphatic rings. The zero-order chi connectivity index (χ0) is 14.8. The van der Waals surface area contributed by atoms with E-state index in [2.05, 4.69) is 27.3 Å². The Labute approximate surface area is 128 Å². The molecule has 0 aliphatic carbocycles. The lowest BCUT2D eigenvalue weighted by Gasteiger charge is -2.08. The maximum atomic E-state index is 5.90. The van der Waals surface area contributed by atoms with Crippen molar-refractivity contribution >= 4 is 28.5 Å². The van der Waals surface area contributed by atoms with Gasteiger partial charge in [-0.1, -0.05) is 23.7 Å². The molecular weight excluding hydrogens is 286 g/mol. The molecule has 2 aromatic heterocycles. The second kappa shape index (κ2) is 5.69. The number of nitrogens with zero attached hydrogens (tertiary/aromatic N) is 4. The number of aromatic nitrogens is 4. The predicted molar refractivity (Wildman–Crippen MR) is 84.5 cm³/mol. The molecule has 2 heterocycles. The first kappa shape index (κ1) is 13.8. The molecule has 0 aliphatic heterocycles. The SMILES string of the molecule is CCn1nc(C)c2ncnc(NCc3ccc(Cl)cc3)c21. The molecule has 0 radical (unpaired) electrons. The number of hydrogen-bond donors (Lipinski definition) is 1. The van der Waals surface area contributed by atoms with Crippen LogP contribution in [0.15, 0.2) is 30.6 Å². The Morgan fingerprint density at radius 1 is 1.19 bits per heavy atom. The van der Waals surface area contributed by atoms with Crippen LogP contribution < -0.4 is 5.32 Å². The van der Waals surface area contributed by atoms with Crippen molar-refractivity contribution in [3.63, 3.8) is 0 Å². The van der Waals surface area contributed by atoms with Gasteiger partial charge in [-0.25, -0.2) is 9.97 Å². The topological polar surface area (TPSA) is 55.6 Å².